The lowest BCUT2D eigenvalue weighted by Gasteiger charge is -2.16. The van der Waals surface area contributed by atoms with Crippen molar-refractivity contribution in [1.29, 1.82) is 0 Å². The maximum Gasteiger partial charge on any atom is 0.269 e. The van der Waals surface area contributed by atoms with Gasteiger partial charge in [-0.15, -0.1) is 11.8 Å². The number of non-ortho nitro benzene ring substituents is 1. The van der Waals surface area contributed by atoms with E-state index < -0.39 is 21.9 Å². The number of nitrogens with one attached hydrogen (secondary N) is 2. The summed E-state index contributed by atoms with van der Waals surface area (Å²) in [6.45, 7) is 1.87. The average molecular weight is 488 g/mol. The van der Waals surface area contributed by atoms with Crippen LogP contribution in [0.2, 0.25) is 5.02 Å². The Kier molecular flexibility index (Phi) is 8.02. The van der Waals surface area contributed by atoms with Gasteiger partial charge < -0.3 is 10.6 Å². The van der Waals surface area contributed by atoms with Crippen LogP contribution in [0.5, 0.6) is 0 Å². The minimum atomic E-state index is -0.566. The number of nitrogens with zero attached hydrogens (tertiary/aromatic N) is 1. The molecule has 0 spiro atoms. The third-order valence-corrected chi connectivity index (χ3v) is 6.21. The van der Waals surface area contributed by atoms with Crippen LogP contribution in [-0.4, -0.2) is 22.0 Å². The molecule has 0 aliphatic carbocycles. The number of thioether (sulfide) groups is 1. The van der Waals surface area contributed by atoms with Crippen LogP contribution in [0.15, 0.2) is 71.6 Å². The molecule has 170 valence electrons. The zero-order valence-corrected chi connectivity index (χ0v) is 19.0. The summed E-state index contributed by atoms with van der Waals surface area (Å²) in [7, 11) is 0. The molecule has 0 saturated heterocycles. The molecular formula is C23H19ClFN3O4S. The van der Waals surface area contributed by atoms with Crippen molar-refractivity contribution >= 4 is 52.2 Å². The van der Waals surface area contributed by atoms with Crippen LogP contribution in [0.4, 0.5) is 21.5 Å². The molecule has 0 aliphatic rings. The fourth-order valence-corrected chi connectivity index (χ4v) is 4.06. The summed E-state index contributed by atoms with van der Waals surface area (Å²) in [6.07, 6.45) is 0.533. The van der Waals surface area contributed by atoms with E-state index >= 15 is 0 Å². The normalized spacial score (nSPS) is 11.5. The van der Waals surface area contributed by atoms with E-state index in [4.69, 9.17) is 11.6 Å². The first-order chi connectivity index (χ1) is 15.8. The van der Waals surface area contributed by atoms with Crippen LogP contribution in [0.3, 0.4) is 0 Å². The summed E-state index contributed by atoms with van der Waals surface area (Å²) >= 11 is 7.09. The van der Waals surface area contributed by atoms with Crippen molar-refractivity contribution in [2.24, 2.45) is 0 Å². The fraction of sp³-hybridized carbons (Fsp3) is 0.130. The first-order valence-corrected chi connectivity index (χ1v) is 11.1. The lowest BCUT2D eigenvalue weighted by atomic mass is 10.2. The Morgan fingerprint density at radius 1 is 1.06 bits per heavy atom. The molecule has 0 fully saturated rings. The number of anilines is 2. The van der Waals surface area contributed by atoms with Gasteiger partial charge in [-0.2, -0.15) is 0 Å². The van der Waals surface area contributed by atoms with E-state index in [1.165, 1.54) is 54.2 Å². The minimum Gasteiger partial charge on any atom is -0.325 e. The quantitative estimate of drug-likeness (QED) is 0.225. The Hall–Kier alpha value is -3.43. The zero-order chi connectivity index (χ0) is 24.0. The van der Waals surface area contributed by atoms with Crippen LogP contribution in [0.25, 0.3) is 0 Å². The second-order valence-electron chi connectivity index (χ2n) is 6.92. The second-order valence-corrected chi connectivity index (χ2v) is 8.60. The molecule has 3 aromatic carbocycles. The van der Waals surface area contributed by atoms with E-state index in [2.05, 4.69) is 10.6 Å². The molecule has 10 heteroatoms. The number of hydrogen-bond donors (Lipinski definition) is 2. The minimum absolute atomic E-state index is 0.0787. The number of amides is 2. The summed E-state index contributed by atoms with van der Waals surface area (Å²) in [5.74, 6) is -1.24. The maximum atomic E-state index is 13.3. The Labute approximate surface area is 198 Å². The van der Waals surface area contributed by atoms with E-state index in [0.717, 1.165) is 4.90 Å². The van der Waals surface area contributed by atoms with Crippen molar-refractivity contribution in [3.8, 4) is 0 Å². The lowest BCUT2D eigenvalue weighted by Crippen LogP contribution is -2.24. The van der Waals surface area contributed by atoms with Gasteiger partial charge in [-0.05, 0) is 55.0 Å². The van der Waals surface area contributed by atoms with Crippen molar-refractivity contribution in [3.05, 3.63) is 93.2 Å². The number of carbonyl (C=O) groups excluding carboxylic acids is 2. The highest BCUT2D eigenvalue weighted by atomic mass is 35.5. The fourth-order valence-electron chi connectivity index (χ4n) is 2.87. The van der Waals surface area contributed by atoms with E-state index in [1.807, 2.05) is 13.0 Å². The predicted octanol–water partition coefficient (Wildman–Crippen LogP) is 6.15. The van der Waals surface area contributed by atoms with Crippen LogP contribution < -0.4 is 10.6 Å². The van der Waals surface area contributed by atoms with Gasteiger partial charge in [0.2, 0.25) is 5.91 Å². The molecule has 2 N–H and O–H groups in total. The number of halogens is 2. The Balaban J connectivity index is 1.66. The number of hydrogen-bond acceptors (Lipinski definition) is 5. The number of nitro benzene ring substituents is 1. The van der Waals surface area contributed by atoms with Crippen LogP contribution in [0, 0.1) is 15.9 Å². The van der Waals surface area contributed by atoms with Crippen molar-refractivity contribution in [3.63, 3.8) is 0 Å². The smallest absolute Gasteiger partial charge is 0.269 e. The Morgan fingerprint density at radius 2 is 1.76 bits per heavy atom. The van der Waals surface area contributed by atoms with Gasteiger partial charge in [-0.1, -0.05) is 24.6 Å². The number of nitro groups is 1. The largest absolute Gasteiger partial charge is 0.325 e. The van der Waals surface area contributed by atoms with Crippen molar-refractivity contribution < 1.29 is 18.9 Å². The lowest BCUT2D eigenvalue weighted by molar-refractivity contribution is -0.384. The Morgan fingerprint density at radius 3 is 2.39 bits per heavy atom. The van der Waals surface area contributed by atoms with Crippen LogP contribution in [0.1, 0.15) is 23.7 Å². The average Bonchev–Trinajstić information content (AvgIpc) is 2.80. The molecule has 0 heterocycles. The topological polar surface area (TPSA) is 101 Å². The van der Waals surface area contributed by atoms with E-state index in [1.54, 1.807) is 18.2 Å². The van der Waals surface area contributed by atoms with Crippen molar-refractivity contribution in [2.45, 2.75) is 23.5 Å². The summed E-state index contributed by atoms with van der Waals surface area (Å²) in [6, 6.07) is 16.3. The highest BCUT2D eigenvalue weighted by molar-refractivity contribution is 8.00. The van der Waals surface area contributed by atoms with Crippen molar-refractivity contribution in [1.82, 2.24) is 0 Å². The SMILES string of the molecule is CCC(Sc1cccc(NC(=O)c2ccc([N+](=O)[O-])cc2)c1)C(=O)Nc1ccc(F)c(Cl)c1. The van der Waals surface area contributed by atoms with Gasteiger partial charge in [-0.25, -0.2) is 4.39 Å². The molecule has 0 aliphatic heterocycles. The second kappa shape index (κ2) is 10.9. The van der Waals surface area contributed by atoms with Crippen molar-refractivity contribution in [2.75, 3.05) is 10.6 Å². The molecular weight excluding hydrogens is 469 g/mol. The third kappa shape index (κ3) is 6.53. The van der Waals surface area contributed by atoms with Gasteiger partial charge in [0.05, 0.1) is 15.2 Å². The van der Waals surface area contributed by atoms with Gasteiger partial charge in [0.1, 0.15) is 5.82 Å². The molecule has 33 heavy (non-hydrogen) atoms. The molecule has 0 bridgehead atoms. The number of carbonyl (C=O) groups is 2. The third-order valence-electron chi connectivity index (χ3n) is 4.56. The van der Waals surface area contributed by atoms with Gasteiger partial charge in [-0.3, -0.25) is 19.7 Å². The molecule has 2 amide bonds. The Bertz CT molecular complexity index is 1190. The number of rotatable bonds is 8. The molecule has 1 atom stereocenters. The molecule has 3 aromatic rings. The first-order valence-electron chi connectivity index (χ1n) is 9.85. The maximum absolute atomic E-state index is 13.3. The standard InChI is InChI=1S/C23H19ClFN3O4S/c1-2-21(23(30)27-16-8-11-20(25)19(24)13-16)33-18-5-3-4-15(12-18)26-22(29)14-6-9-17(10-7-14)28(31)32/h3-13,21H,2H2,1H3,(H,26,29)(H,27,30). The van der Waals surface area contributed by atoms with Gasteiger partial charge in [0.15, 0.2) is 0 Å². The highest BCUT2D eigenvalue weighted by Crippen LogP contribution is 2.29. The summed E-state index contributed by atoms with van der Waals surface area (Å²) < 4.78 is 13.3. The summed E-state index contributed by atoms with van der Waals surface area (Å²) in [5, 5.41) is 15.7. The summed E-state index contributed by atoms with van der Waals surface area (Å²) in [5.41, 5.74) is 1.10. The van der Waals surface area contributed by atoms with Crippen LogP contribution >= 0.6 is 23.4 Å². The van der Waals surface area contributed by atoms with E-state index in [0.29, 0.717) is 17.8 Å². The molecule has 0 aromatic heterocycles. The van der Waals surface area contributed by atoms with E-state index in [9.17, 15) is 24.1 Å². The highest BCUT2D eigenvalue weighted by Gasteiger charge is 2.19. The molecule has 3 rings (SSSR count). The monoisotopic (exact) mass is 487 g/mol. The van der Waals surface area contributed by atoms with E-state index in [-0.39, 0.29) is 22.2 Å². The molecule has 1 unspecified atom stereocenters. The first kappa shape index (κ1) is 24.2. The van der Waals surface area contributed by atoms with Gasteiger partial charge in [0, 0.05) is 34.0 Å². The van der Waals surface area contributed by atoms with Gasteiger partial charge in [0.25, 0.3) is 11.6 Å². The van der Waals surface area contributed by atoms with Crippen LogP contribution in [-0.2, 0) is 4.79 Å². The van der Waals surface area contributed by atoms with Gasteiger partial charge >= 0.3 is 0 Å². The predicted molar refractivity (Wildman–Crippen MR) is 127 cm³/mol. The zero-order valence-electron chi connectivity index (χ0n) is 17.4. The molecule has 7 nitrogen and oxygen atoms in total. The molecule has 0 radical (unpaired) electrons. The molecule has 0 saturated carbocycles. The summed E-state index contributed by atoms with van der Waals surface area (Å²) in [4.78, 5) is 36.1. The number of benzene rings is 3.